The van der Waals surface area contributed by atoms with Crippen LogP contribution in [0.2, 0.25) is 0 Å². The number of ether oxygens (including phenoxy) is 2. The van der Waals surface area contributed by atoms with Crippen molar-refractivity contribution in [2.24, 2.45) is 0 Å². The van der Waals surface area contributed by atoms with Gasteiger partial charge < -0.3 is 29.6 Å². The molecule has 0 bridgehead atoms. The predicted octanol–water partition coefficient (Wildman–Crippen LogP) is 5.35. The summed E-state index contributed by atoms with van der Waals surface area (Å²) in [5, 5.41) is 21.8. The van der Waals surface area contributed by atoms with Crippen molar-refractivity contribution in [2.75, 3.05) is 7.11 Å². The number of nitrogens with one attached hydrogen (secondary N) is 1. The Kier molecular flexibility index (Phi) is 8.77. The molecule has 0 fully saturated rings. The van der Waals surface area contributed by atoms with Crippen molar-refractivity contribution in [3.05, 3.63) is 85.8 Å². The zero-order valence-electron chi connectivity index (χ0n) is 18.7. The van der Waals surface area contributed by atoms with Crippen LogP contribution in [0.3, 0.4) is 0 Å². The summed E-state index contributed by atoms with van der Waals surface area (Å²) in [4.78, 5) is 24.4. The minimum Gasteiger partial charge on any atom is -0.507 e. The van der Waals surface area contributed by atoms with E-state index >= 15 is 0 Å². The number of aromatic hydroxyl groups is 1. The Morgan fingerprint density at radius 1 is 1.09 bits per heavy atom. The van der Waals surface area contributed by atoms with E-state index in [0.29, 0.717) is 31.4 Å². The summed E-state index contributed by atoms with van der Waals surface area (Å²) in [6.07, 6.45) is 0. The Balaban J connectivity index is 1.79. The Morgan fingerprint density at radius 3 is 2.40 bits per heavy atom. The fraction of sp³-hybridized carbons (Fsp3) is 0.167. The van der Waals surface area contributed by atoms with Crippen LogP contribution in [-0.2, 0) is 21.2 Å². The molecule has 1 amide bonds. The zero-order chi connectivity index (χ0) is 25.8. The lowest BCUT2D eigenvalue weighted by atomic mass is 10.1. The number of methoxy groups -OCH3 is 1. The van der Waals surface area contributed by atoms with E-state index < -0.39 is 25.7 Å². The Labute approximate surface area is 219 Å². The minimum atomic E-state index is -1.47. The number of esters is 1. The first-order valence-electron chi connectivity index (χ1n) is 10.2. The van der Waals surface area contributed by atoms with Crippen molar-refractivity contribution in [1.82, 2.24) is 5.32 Å². The molecule has 184 valence electrons. The molecular formula is C24H22Br2NO7P. The highest BCUT2D eigenvalue weighted by molar-refractivity contribution is 9.11. The SMILES string of the molecule is COC(=O)c1cccc(CNC(=O)c2cc(Oc3c(Br)cc(C(C)(O)[PH2]=O)cc3Br)ccc2O)c1. The van der Waals surface area contributed by atoms with Crippen molar-refractivity contribution in [3.63, 3.8) is 0 Å². The van der Waals surface area contributed by atoms with Crippen molar-refractivity contribution in [2.45, 2.75) is 18.8 Å². The van der Waals surface area contributed by atoms with Gasteiger partial charge in [0.15, 0.2) is 5.75 Å². The Bertz CT molecular complexity index is 1270. The second-order valence-corrected chi connectivity index (χ2v) is 10.8. The lowest BCUT2D eigenvalue weighted by molar-refractivity contribution is 0.0600. The molecule has 3 aromatic carbocycles. The molecule has 0 saturated carbocycles. The number of carbonyl (C=O) groups is 2. The first-order valence-corrected chi connectivity index (χ1v) is 12.8. The quantitative estimate of drug-likeness (QED) is 0.228. The van der Waals surface area contributed by atoms with E-state index in [1.165, 1.54) is 32.2 Å². The lowest BCUT2D eigenvalue weighted by Crippen LogP contribution is -2.23. The van der Waals surface area contributed by atoms with Gasteiger partial charge in [0.25, 0.3) is 5.91 Å². The first kappa shape index (κ1) is 26.9. The maximum atomic E-state index is 12.7. The molecule has 3 aromatic rings. The van der Waals surface area contributed by atoms with Crippen LogP contribution in [0.25, 0.3) is 0 Å². The molecule has 0 saturated heterocycles. The highest BCUT2D eigenvalue weighted by atomic mass is 79.9. The zero-order valence-corrected chi connectivity index (χ0v) is 23.0. The number of benzene rings is 3. The van der Waals surface area contributed by atoms with Gasteiger partial charge in [0.05, 0.1) is 35.6 Å². The molecular weight excluding hydrogens is 605 g/mol. The molecule has 0 aliphatic carbocycles. The van der Waals surface area contributed by atoms with Crippen LogP contribution >= 0.6 is 40.3 Å². The molecule has 8 nitrogen and oxygen atoms in total. The average Bonchev–Trinajstić information content (AvgIpc) is 2.85. The minimum absolute atomic E-state index is 0.00613. The molecule has 2 atom stereocenters. The maximum Gasteiger partial charge on any atom is 0.337 e. The number of aliphatic hydroxyl groups is 1. The largest absolute Gasteiger partial charge is 0.507 e. The number of hydrogen-bond acceptors (Lipinski definition) is 7. The van der Waals surface area contributed by atoms with Gasteiger partial charge in [0.2, 0.25) is 0 Å². The molecule has 0 aliphatic heterocycles. The Hall–Kier alpha value is -2.65. The van der Waals surface area contributed by atoms with Gasteiger partial charge in [-0.1, -0.05) is 12.1 Å². The van der Waals surface area contributed by atoms with Gasteiger partial charge in [-0.05, 0) is 92.4 Å². The van der Waals surface area contributed by atoms with Crippen LogP contribution in [0, 0.1) is 0 Å². The van der Waals surface area contributed by atoms with E-state index in [4.69, 9.17) is 9.47 Å². The summed E-state index contributed by atoms with van der Waals surface area (Å²) in [6.45, 7) is 1.58. The Morgan fingerprint density at radius 2 is 1.77 bits per heavy atom. The third-order valence-electron chi connectivity index (χ3n) is 5.05. The summed E-state index contributed by atoms with van der Waals surface area (Å²) in [5.41, 5.74) is 1.47. The van der Waals surface area contributed by atoms with Crippen molar-refractivity contribution in [3.8, 4) is 17.2 Å². The van der Waals surface area contributed by atoms with Crippen molar-refractivity contribution in [1.29, 1.82) is 0 Å². The van der Waals surface area contributed by atoms with E-state index in [9.17, 15) is 24.4 Å². The summed E-state index contributed by atoms with van der Waals surface area (Å²) < 4.78 is 23.0. The fourth-order valence-electron chi connectivity index (χ4n) is 3.10. The number of phenols is 1. The molecule has 3 rings (SSSR count). The van der Waals surface area contributed by atoms with Crippen LogP contribution in [-0.4, -0.2) is 29.2 Å². The van der Waals surface area contributed by atoms with Gasteiger partial charge >= 0.3 is 5.97 Å². The second-order valence-electron chi connectivity index (χ2n) is 7.69. The van der Waals surface area contributed by atoms with Gasteiger partial charge in [0.1, 0.15) is 16.8 Å². The van der Waals surface area contributed by atoms with E-state index in [2.05, 4.69) is 37.2 Å². The number of amides is 1. The highest BCUT2D eigenvalue weighted by Gasteiger charge is 2.24. The van der Waals surface area contributed by atoms with E-state index in [1.54, 1.807) is 36.4 Å². The monoisotopic (exact) mass is 625 g/mol. The van der Waals surface area contributed by atoms with Gasteiger partial charge in [-0.2, -0.15) is 0 Å². The van der Waals surface area contributed by atoms with Crippen LogP contribution in [0.5, 0.6) is 17.2 Å². The smallest absolute Gasteiger partial charge is 0.337 e. The molecule has 0 radical (unpaired) electrons. The van der Waals surface area contributed by atoms with Crippen LogP contribution in [0.1, 0.15) is 38.8 Å². The molecule has 3 N–H and O–H groups in total. The number of carbonyl (C=O) groups excluding carboxylic acids is 2. The molecule has 0 aliphatic rings. The van der Waals surface area contributed by atoms with Crippen molar-refractivity contribution < 1.29 is 33.8 Å². The first-order chi connectivity index (χ1) is 16.6. The summed E-state index contributed by atoms with van der Waals surface area (Å²) in [6, 6.07) is 14.1. The van der Waals surface area contributed by atoms with Gasteiger partial charge in [-0.15, -0.1) is 0 Å². The average molecular weight is 627 g/mol. The number of hydrogen-bond donors (Lipinski definition) is 3. The van der Waals surface area contributed by atoms with Gasteiger partial charge in [-0.3, -0.25) is 4.79 Å². The molecule has 0 spiro atoms. The van der Waals surface area contributed by atoms with E-state index in [0.717, 1.165) is 0 Å². The van der Waals surface area contributed by atoms with Gasteiger partial charge in [0, 0.05) is 6.54 Å². The number of rotatable bonds is 8. The number of phenolic OH excluding ortho intramolecular Hbond substituents is 1. The molecule has 0 heterocycles. The van der Waals surface area contributed by atoms with Gasteiger partial charge in [-0.25, -0.2) is 4.79 Å². The topological polar surface area (TPSA) is 122 Å². The van der Waals surface area contributed by atoms with Crippen LogP contribution in [0.15, 0.2) is 63.5 Å². The van der Waals surface area contributed by atoms with E-state index in [-0.39, 0.29) is 23.6 Å². The summed E-state index contributed by atoms with van der Waals surface area (Å²) in [7, 11) is -0.185. The molecule has 11 heteroatoms. The third kappa shape index (κ3) is 6.52. The van der Waals surface area contributed by atoms with E-state index in [1.807, 2.05) is 0 Å². The van der Waals surface area contributed by atoms with Crippen molar-refractivity contribution >= 4 is 52.2 Å². The fourth-order valence-corrected chi connectivity index (χ4v) is 4.75. The molecule has 0 aromatic heterocycles. The number of halogens is 2. The van der Waals surface area contributed by atoms with Crippen LogP contribution in [0.4, 0.5) is 0 Å². The highest BCUT2D eigenvalue weighted by Crippen LogP contribution is 2.42. The lowest BCUT2D eigenvalue weighted by Gasteiger charge is -2.19. The van der Waals surface area contributed by atoms with Crippen LogP contribution < -0.4 is 10.1 Å². The second kappa shape index (κ2) is 11.4. The summed E-state index contributed by atoms with van der Waals surface area (Å²) in [5.74, 6) is -0.623. The maximum absolute atomic E-state index is 12.7. The molecule has 35 heavy (non-hydrogen) atoms. The normalized spacial score (nSPS) is 12.8. The molecule has 2 unspecified atom stereocenters. The standard InChI is InChI=1S/C24H22Br2NO7P/c1-24(31,35-32)15-9-18(25)21(19(26)10-15)34-16-6-7-20(28)17(11-16)22(29)27-12-13-4-3-5-14(8-13)23(30)33-2/h3-11,28,31H,12,35H2,1-2H3,(H,27,29). The third-order valence-corrected chi connectivity index (χ3v) is 7.02. The predicted molar refractivity (Wildman–Crippen MR) is 139 cm³/mol. The summed E-state index contributed by atoms with van der Waals surface area (Å²) >= 11 is 6.78.